The van der Waals surface area contributed by atoms with Gasteiger partial charge in [0.05, 0.1) is 31.7 Å². The second-order valence-corrected chi connectivity index (χ2v) is 8.29. The van der Waals surface area contributed by atoms with Crippen molar-refractivity contribution < 1.29 is 24.8 Å². The molecule has 170 valence electrons. The first-order valence-corrected chi connectivity index (χ1v) is 10.9. The fraction of sp³-hybridized carbons (Fsp3) is 0.500. The van der Waals surface area contributed by atoms with Crippen LogP contribution in [0.25, 0.3) is 11.2 Å². The van der Waals surface area contributed by atoms with Gasteiger partial charge in [-0.1, -0.05) is 30.3 Å². The third kappa shape index (κ3) is 3.96. The van der Waals surface area contributed by atoms with Crippen LogP contribution in [0.3, 0.4) is 0 Å². The molecule has 0 bridgehead atoms. The van der Waals surface area contributed by atoms with Crippen LogP contribution in [-0.4, -0.2) is 71.9 Å². The number of aliphatic hydroxyl groups is 3. The first kappa shape index (κ1) is 21.2. The van der Waals surface area contributed by atoms with E-state index in [1.54, 1.807) is 4.57 Å². The van der Waals surface area contributed by atoms with E-state index in [1.165, 1.54) is 12.7 Å². The second kappa shape index (κ2) is 9.08. The van der Waals surface area contributed by atoms with Crippen LogP contribution in [0, 0.1) is 0 Å². The molecule has 1 saturated carbocycles. The number of hydrogen-bond donors (Lipinski definition) is 4. The number of hydrogen-bond acceptors (Lipinski definition) is 9. The number of aromatic nitrogens is 4. The van der Waals surface area contributed by atoms with Crippen molar-refractivity contribution in [2.45, 2.75) is 62.6 Å². The van der Waals surface area contributed by atoms with E-state index < -0.39 is 31.1 Å². The minimum absolute atomic E-state index is 0.0581. The fourth-order valence-corrected chi connectivity index (χ4v) is 4.50. The van der Waals surface area contributed by atoms with Gasteiger partial charge in [0.2, 0.25) is 0 Å². The average Bonchev–Trinajstić information content (AvgIpc) is 3.52. The van der Waals surface area contributed by atoms with Crippen LogP contribution in [0.5, 0.6) is 0 Å². The highest BCUT2D eigenvalue weighted by molar-refractivity contribution is 5.82. The summed E-state index contributed by atoms with van der Waals surface area (Å²) < 4.78 is 13.4. The predicted molar refractivity (Wildman–Crippen MR) is 115 cm³/mol. The molecule has 6 atom stereocenters. The van der Waals surface area contributed by atoms with Gasteiger partial charge >= 0.3 is 0 Å². The van der Waals surface area contributed by atoms with Crippen molar-refractivity contribution in [2.24, 2.45) is 0 Å². The van der Waals surface area contributed by atoms with Crippen molar-refractivity contribution in [3.63, 3.8) is 0 Å². The van der Waals surface area contributed by atoms with Gasteiger partial charge in [0, 0.05) is 0 Å². The lowest BCUT2D eigenvalue weighted by atomic mass is 10.1. The van der Waals surface area contributed by atoms with E-state index >= 15 is 0 Å². The monoisotopic (exact) mass is 441 g/mol. The molecule has 4 N–H and O–H groups in total. The Labute approximate surface area is 184 Å². The van der Waals surface area contributed by atoms with Crippen LogP contribution in [0.15, 0.2) is 43.0 Å². The van der Waals surface area contributed by atoms with Crippen LogP contribution in [0.1, 0.15) is 31.1 Å². The Morgan fingerprint density at radius 1 is 1.09 bits per heavy atom. The van der Waals surface area contributed by atoms with Crippen molar-refractivity contribution in [1.29, 1.82) is 0 Å². The van der Waals surface area contributed by atoms with Crippen molar-refractivity contribution >= 4 is 17.0 Å². The Morgan fingerprint density at radius 3 is 2.72 bits per heavy atom. The smallest absolute Gasteiger partial charge is 0.167 e. The van der Waals surface area contributed by atoms with Gasteiger partial charge in [-0.05, 0) is 24.8 Å². The first-order chi connectivity index (χ1) is 15.7. The Bertz CT molecular complexity index is 1050. The summed E-state index contributed by atoms with van der Waals surface area (Å²) in [6.45, 7) is 0.165. The van der Waals surface area contributed by atoms with E-state index in [4.69, 9.17) is 9.47 Å². The lowest BCUT2D eigenvalue weighted by Gasteiger charge is -2.22. The van der Waals surface area contributed by atoms with Gasteiger partial charge in [0.25, 0.3) is 0 Å². The normalized spacial score (nSPS) is 30.2. The van der Waals surface area contributed by atoms with E-state index in [0.717, 1.165) is 24.8 Å². The Hall–Kier alpha value is -2.63. The third-order valence-electron chi connectivity index (χ3n) is 6.23. The lowest BCUT2D eigenvalue weighted by molar-refractivity contribution is -0.0511. The molecule has 2 aliphatic rings. The summed E-state index contributed by atoms with van der Waals surface area (Å²) >= 11 is 0. The summed E-state index contributed by atoms with van der Waals surface area (Å²) in [6, 6.07) is 10.2. The topological polar surface area (TPSA) is 135 Å². The van der Waals surface area contributed by atoms with E-state index in [0.29, 0.717) is 23.6 Å². The Kier molecular flexibility index (Phi) is 6.03. The standard InChI is InChI=1S/C22H27N5O5/c28-9-16-18(29)19(30)22(32-16)27-12-25-17-20(23-11-24-21(17)27)26-14-7-4-8-15(14)31-10-13-5-2-1-3-6-13/h1-3,5-6,11-12,14-16,18-19,22,28-30H,4,7-10H2,(H,23,24,26)/t14?,15-,16?,18-,19?,22?/m1/s1. The maximum Gasteiger partial charge on any atom is 0.167 e. The molecule has 10 heteroatoms. The summed E-state index contributed by atoms with van der Waals surface area (Å²) in [4.78, 5) is 13.1. The second-order valence-electron chi connectivity index (χ2n) is 8.29. The summed E-state index contributed by atoms with van der Waals surface area (Å²) in [5, 5.41) is 33.3. The zero-order valence-corrected chi connectivity index (χ0v) is 17.5. The molecule has 0 amide bonds. The minimum Gasteiger partial charge on any atom is -0.394 e. The molecule has 2 fully saturated rings. The molecule has 2 aromatic heterocycles. The molecule has 0 radical (unpaired) electrons. The summed E-state index contributed by atoms with van der Waals surface area (Å²) in [5.41, 5.74) is 2.15. The summed E-state index contributed by atoms with van der Waals surface area (Å²) in [7, 11) is 0. The highest BCUT2D eigenvalue weighted by atomic mass is 16.6. The van der Waals surface area contributed by atoms with Crippen LogP contribution >= 0.6 is 0 Å². The first-order valence-electron chi connectivity index (χ1n) is 10.9. The molecular weight excluding hydrogens is 414 g/mol. The summed E-state index contributed by atoms with van der Waals surface area (Å²) in [6.07, 6.45) is 1.81. The molecule has 32 heavy (non-hydrogen) atoms. The number of rotatable bonds is 7. The average molecular weight is 441 g/mol. The Balaban J connectivity index is 1.33. The highest BCUT2D eigenvalue weighted by Gasteiger charge is 2.44. The number of anilines is 1. The Morgan fingerprint density at radius 2 is 1.94 bits per heavy atom. The molecule has 0 spiro atoms. The van der Waals surface area contributed by atoms with Gasteiger partial charge in [-0.15, -0.1) is 0 Å². The molecule has 10 nitrogen and oxygen atoms in total. The summed E-state index contributed by atoms with van der Waals surface area (Å²) in [5.74, 6) is 0.584. The van der Waals surface area contributed by atoms with Crippen LogP contribution in [0.4, 0.5) is 5.82 Å². The van der Waals surface area contributed by atoms with Gasteiger partial charge in [0.15, 0.2) is 23.2 Å². The zero-order chi connectivity index (χ0) is 22.1. The molecule has 1 aromatic carbocycles. The van der Waals surface area contributed by atoms with Gasteiger partial charge in [0.1, 0.15) is 24.6 Å². The van der Waals surface area contributed by atoms with Crippen molar-refractivity contribution in [3.05, 3.63) is 48.5 Å². The van der Waals surface area contributed by atoms with Gasteiger partial charge < -0.3 is 30.1 Å². The van der Waals surface area contributed by atoms with Gasteiger partial charge in [-0.25, -0.2) is 15.0 Å². The van der Waals surface area contributed by atoms with Crippen LogP contribution in [0.2, 0.25) is 0 Å². The van der Waals surface area contributed by atoms with Crippen LogP contribution in [-0.2, 0) is 16.1 Å². The fourth-order valence-electron chi connectivity index (χ4n) is 4.50. The molecule has 1 saturated heterocycles. The predicted octanol–water partition coefficient (Wildman–Crippen LogP) is 0.988. The lowest BCUT2D eigenvalue weighted by Crippen LogP contribution is -2.33. The number of ether oxygens (including phenoxy) is 2. The van der Waals surface area contributed by atoms with E-state index in [9.17, 15) is 15.3 Å². The SMILES string of the molecule is OCC1OC(n2cnc3c(NC4CCC[C@H]4OCc4ccccc4)ncnc32)C(O)[C@@H]1O. The van der Waals surface area contributed by atoms with E-state index in [1.807, 2.05) is 18.2 Å². The molecule has 3 heterocycles. The molecule has 3 aromatic rings. The van der Waals surface area contributed by atoms with Gasteiger partial charge in [-0.2, -0.15) is 0 Å². The largest absolute Gasteiger partial charge is 0.394 e. The highest BCUT2D eigenvalue weighted by Crippen LogP contribution is 2.33. The maximum absolute atomic E-state index is 10.4. The number of benzene rings is 1. The number of nitrogens with one attached hydrogen (secondary N) is 1. The number of aliphatic hydroxyl groups excluding tert-OH is 3. The maximum atomic E-state index is 10.4. The van der Waals surface area contributed by atoms with Crippen molar-refractivity contribution in [3.8, 4) is 0 Å². The number of fused-ring (bicyclic) bond motifs is 1. The van der Waals surface area contributed by atoms with E-state index in [2.05, 4.69) is 32.4 Å². The third-order valence-corrected chi connectivity index (χ3v) is 6.23. The zero-order valence-electron chi connectivity index (χ0n) is 17.5. The molecular formula is C22H27N5O5. The molecule has 1 aliphatic heterocycles. The molecule has 4 unspecified atom stereocenters. The van der Waals surface area contributed by atoms with E-state index in [-0.39, 0.29) is 12.1 Å². The van der Waals surface area contributed by atoms with Crippen LogP contribution < -0.4 is 5.32 Å². The molecule has 5 rings (SSSR count). The number of imidazole rings is 1. The number of nitrogens with zero attached hydrogens (tertiary/aromatic N) is 4. The van der Waals surface area contributed by atoms with Crippen molar-refractivity contribution in [1.82, 2.24) is 19.5 Å². The van der Waals surface area contributed by atoms with Gasteiger partial charge in [-0.3, -0.25) is 4.57 Å². The minimum atomic E-state index is -1.21. The van der Waals surface area contributed by atoms with Crippen molar-refractivity contribution in [2.75, 3.05) is 11.9 Å². The molecule has 1 aliphatic carbocycles. The quantitative estimate of drug-likeness (QED) is 0.423.